The van der Waals surface area contributed by atoms with E-state index in [4.69, 9.17) is 0 Å². The van der Waals surface area contributed by atoms with Gasteiger partial charge in [0.05, 0.1) is 17.7 Å². The van der Waals surface area contributed by atoms with Gasteiger partial charge in [-0.05, 0) is 36.5 Å². The Morgan fingerprint density at radius 3 is 2.60 bits per heavy atom. The Balaban J connectivity index is 1.94. The Hall–Kier alpha value is -1.54. The summed E-state index contributed by atoms with van der Waals surface area (Å²) >= 11 is 0. The molecule has 0 aliphatic heterocycles. The first-order chi connectivity index (χ1) is 11.9. The van der Waals surface area contributed by atoms with Crippen molar-refractivity contribution in [1.82, 2.24) is 14.0 Å². The fourth-order valence-electron chi connectivity index (χ4n) is 3.40. The predicted octanol–water partition coefficient (Wildman–Crippen LogP) is 2.22. The lowest BCUT2D eigenvalue weighted by Crippen LogP contribution is -2.47. The van der Waals surface area contributed by atoms with Crippen molar-refractivity contribution in [1.29, 1.82) is 0 Å². The van der Waals surface area contributed by atoms with Crippen molar-refractivity contribution < 1.29 is 13.5 Å². The van der Waals surface area contributed by atoms with Crippen LogP contribution in [0.3, 0.4) is 0 Å². The number of nitrogens with zero attached hydrogens (tertiary/aromatic N) is 2. The van der Waals surface area contributed by atoms with Crippen molar-refractivity contribution in [3.63, 3.8) is 0 Å². The molecule has 7 heteroatoms. The molecule has 0 unspecified atom stereocenters. The Kier molecular flexibility index (Phi) is 5.38. The van der Waals surface area contributed by atoms with Gasteiger partial charge in [0.1, 0.15) is 0 Å². The monoisotopic (exact) mass is 363 g/mol. The third-order valence-electron chi connectivity index (χ3n) is 4.91. The van der Waals surface area contributed by atoms with E-state index in [2.05, 4.69) is 9.71 Å². The molecular formula is C18H25N3O3S. The maximum Gasteiger partial charge on any atom is 0.279 e. The van der Waals surface area contributed by atoms with E-state index >= 15 is 0 Å². The molecule has 0 radical (unpaired) electrons. The summed E-state index contributed by atoms with van der Waals surface area (Å²) in [4.78, 5) is 4.47. The predicted molar refractivity (Wildman–Crippen MR) is 98.2 cm³/mol. The molecule has 0 saturated heterocycles. The van der Waals surface area contributed by atoms with Gasteiger partial charge in [0.25, 0.3) is 10.2 Å². The van der Waals surface area contributed by atoms with Crippen molar-refractivity contribution in [2.75, 3.05) is 13.1 Å². The van der Waals surface area contributed by atoms with Crippen LogP contribution in [0.15, 0.2) is 36.5 Å². The van der Waals surface area contributed by atoms with Crippen LogP contribution < -0.4 is 4.72 Å². The van der Waals surface area contributed by atoms with E-state index in [1.54, 1.807) is 6.20 Å². The van der Waals surface area contributed by atoms with Crippen LogP contribution in [-0.2, 0) is 10.2 Å². The molecule has 1 fully saturated rings. The number of aliphatic hydroxyl groups is 1. The first-order valence-electron chi connectivity index (χ1n) is 8.74. The van der Waals surface area contributed by atoms with Crippen LogP contribution in [-0.4, -0.2) is 42.0 Å². The lowest BCUT2D eigenvalue weighted by atomic mass is 9.75. The molecule has 0 amide bonds. The minimum absolute atomic E-state index is 0.0725. The summed E-state index contributed by atoms with van der Waals surface area (Å²) < 4.78 is 29.6. The van der Waals surface area contributed by atoms with Gasteiger partial charge in [0.2, 0.25) is 0 Å². The van der Waals surface area contributed by atoms with Gasteiger partial charge in [-0.15, -0.1) is 0 Å². The second-order valence-corrected chi connectivity index (χ2v) is 8.23. The standard InChI is InChI=1S/C18H25N3O3S/c1-3-21(4-2)25(23,24)20-18(14-10-16(22)11-14)15-9-13-7-5-6-8-17(13)19-12-15/h5-9,12,14,16,18,20,22H,3-4,10-11H2,1-2H3/t14?,16?,18-/m1/s1. The molecule has 1 heterocycles. The maximum absolute atomic E-state index is 12.7. The summed E-state index contributed by atoms with van der Waals surface area (Å²) in [5.74, 6) is 0.0725. The van der Waals surface area contributed by atoms with Crippen molar-refractivity contribution in [2.24, 2.45) is 5.92 Å². The second-order valence-electron chi connectivity index (χ2n) is 6.53. The van der Waals surface area contributed by atoms with Gasteiger partial charge < -0.3 is 5.11 Å². The number of fused-ring (bicyclic) bond motifs is 1. The minimum Gasteiger partial charge on any atom is -0.393 e. The average Bonchev–Trinajstić information content (AvgIpc) is 2.57. The number of pyridine rings is 1. The number of aromatic nitrogens is 1. The topological polar surface area (TPSA) is 82.5 Å². The highest BCUT2D eigenvalue weighted by Crippen LogP contribution is 2.39. The van der Waals surface area contributed by atoms with E-state index in [1.165, 1.54) is 4.31 Å². The molecule has 1 aromatic carbocycles. The number of nitrogens with one attached hydrogen (secondary N) is 1. The van der Waals surface area contributed by atoms with Crippen LogP contribution in [0.4, 0.5) is 0 Å². The highest BCUT2D eigenvalue weighted by molar-refractivity contribution is 7.87. The zero-order valence-corrected chi connectivity index (χ0v) is 15.4. The van der Waals surface area contributed by atoms with Crippen molar-refractivity contribution in [2.45, 2.75) is 38.8 Å². The lowest BCUT2D eigenvalue weighted by molar-refractivity contribution is 0.0277. The quantitative estimate of drug-likeness (QED) is 0.790. The van der Waals surface area contributed by atoms with E-state index in [1.807, 2.05) is 44.2 Å². The fraction of sp³-hybridized carbons (Fsp3) is 0.500. The van der Waals surface area contributed by atoms with Gasteiger partial charge in [-0.1, -0.05) is 32.0 Å². The van der Waals surface area contributed by atoms with E-state index in [0.29, 0.717) is 25.9 Å². The van der Waals surface area contributed by atoms with E-state index in [0.717, 1.165) is 16.5 Å². The number of benzene rings is 1. The number of hydrogen-bond donors (Lipinski definition) is 2. The Morgan fingerprint density at radius 2 is 1.96 bits per heavy atom. The van der Waals surface area contributed by atoms with Crippen LogP contribution in [0.2, 0.25) is 0 Å². The van der Waals surface area contributed by atoms with Gasteiger partial charge in [0.15, 0.2) is 0 Å². The normalized spacial score (nSPS) is 22.1. The highest BCUT2D eigenvalue weighted by Gasteiger charge is 2.38. The first kappa shape index (κ1) is 18.3. The smallest absolute Gasteiger partial charge is 0.279 e. The summed E-state index contributed by atoms with van der Waals surface area (Å²) in [7, 11) is -3.59. The van der Waals surface area contributed by atoms with Gasteiger partial charge in [-0.3, -0.25) is 4.98 Å². The van der Waals surface area contributed by atoms with Crippen LogP contribution in [0.25, 0.3) is 10.9 Å². The molecule has 1 aliphatic rings. The van der Waals surface area contributed by atoms with Crippen LogP contribution in [0.1, 0.15) is 38.3 Å². The number of aliphatic hydroxyl groups excluding tert-OH is 1. The van der Waals surface area contributed by atoms with Gasteiger partial charge in [0, 0.05) is 24.7 Å². The van der Waals surface area contributed by atoms with Gasteiger partial charge in [-0.25, -0.2) is 0 Å². The van der Waals surface area contributed by atoms with E-state index in [-0.39, 0.29) is 18.1 Å². The molecule has 1 saturated carbocycles. The van der Waals surface area contributed by atoms with Crippen LogP contribution >= 0.6 is 0 Å². The summed E-state index contributed by atoms with van der Waals surface area (Å²) in [5, 5.41) is 10.7. The Bertz CT molecular complexity index is 830. The zero-order chi connectivity index (χ0) is 18.0. The van der Waals surface area contributed by atoms with E-state index in [9.17, 15) is 13.5 Å². The molecule has 1 aliphatic carbocycles. The molecule has 25 heavy (non-hydrogen) atoms. The minimum atomic E-state index is -3.59. The number of para-hydroxylation sites is 1. The number of rotatable bonds is 7. The van der Waals surface area contributed by atoms with Crippen LogP contribution in [0, 0.1) is 5.92 Å². The van der Waals surface area contributed by atoms with E-state index < -0.39 is 10.2 Å². The molecule has 2 aromatic rings. The molecule has 0 bridgehead atoms. The second kappa shape index (κ2) is 7.37. The molecular weight excluding hydrogens is 338 g/mol. The third-order valence-corrected chi connectivity index (χ3v) is 6.66. The summed E-state index contributed by atoms with van der Waals surface area (Å²) in [6.07, 6.45) is 2.58. The first-order valence-corrected chi connectivity index (χ1v) is 10.2. The van der Waals surface area contributed by atoms with Crippen LogP contribution in [0.5, 0.6) is 0 Å². The highest BCUT2D eigenvalue weighted by atomic mass is 32.2. The van der Waals surface area contributed by atoms with Gasteiger partial charge in [-0.2, -0.15) is 17.4 Å². The SMILES string of the molecule is CCN(CC)S(=O)(=O)N[C@@H](c1cnc2ccccc2c1)C1CC(O)C1. The third kappa shape index (κ3) is 3.84. The lowest BCUT2D eigenvalue weighted by Gasteiger charge is -2.38. The fourth-order valence-corrected chi connectivity index (χ4v) is 4.87. The molecule has 1 aromatic heterocycles. The zero-order valence-electron chi connectivity index (χ0n) is 14.6. The van der Waals surface area contributed by atoms with Crippen molar-refractivity contribution >= 4 is 21.1 Å². The molecule has 136 valence electrons. The maximum atomic E-state index is 12.7. The Morgan fingerprint density at radius 1 is 1.28 bits per heavy atom. The largest absolute Gasteiger partial charge is 0.393 e. The molecule has 1 atom stereocenters. The van der Waals surface area contributed by atoms with Crippen molar-refractivity contribution in [3.05, 3.63) is 42.1 Å². The molecule has 3 rings (SSSR count). The summed E-state index contributed by atoms with van der Waals surface area (Å²) in [5.41, 5.74) is 1.72. The number of hydrogen-bond acceptors (Lipinski definition) is 4. The summed E-state index contributed by atoms with van der Waals surface area (Å²) in [6, 6.07) is 9.38. The molecule has 2 N–H and O–H groups in total. The van der Waals surface area contributed by atoms with Gasteiger partial charge >= 0.3 is 0 Å². The van der Waals surface area contributed by atoms with Crippen molar-refractivity contribution in [3.8, 4) is 0 Å². The molecule has 0 spiro atoms. The summed E-state index contributed by atoms with van der Waals surface area (Å²) in [6.45, 7) is 4.48. The average molecular weight is 363 g/mol. The molecule has 6 nitrogen and oxygen atoms in total. The Labute approximate surface area is 149 Å².